The number of anilines is 1. The first-order chi connectivity index (χ1) is 18.5. The predicted molar refractivity (Wildman–Crippen MR) is 151 cm³/mol. The van der Waals surface area contributed by atoms with Crippen LogP contribution in [0.1, 0.15) is 35.1 Å². The number of aromatic amines is 1. The summed E-state index contributed by atoms with van der Waals surface area (Å²) in [7, 11) is 0. The minimum Gasteiger partial charge on any atom is -0.351 e. The first-order valence-electron chi connectivity index (χ1n) is 12.8. The number of benzene rings is 3. The second-order valence-electron chi connectivity index (χ2n) is 9.13. The average Bonchev–Trinajstić information content (AvgIpc) is 3.35. The number of para-hydroxylation sites is 2. The normalized spacial score (nSPS) is 17.1. The van der Waals surface area contributed by atoms with E-state index in [0.717, 1.165) is 21.4 Å². The van der Waals surface area contributed by atoms with Crippen LogP contribution in [-0.2, 0) is 9.59 Å². The van der Waals surface area contributed by atoms with Crippen molar-refractivity contribution in [1.29, 1.82) is 0 Å². The molecule has 8 heteroatoms. The molecule has 7 nitrogen and oxygen atoms in total. The number of carbonyl (C=O) groups is 3. The molecule has 0 unspecified atom stereocenters. The summed E-state index contributed by atoms with van der Waals surface area (Å²) in [4.78, 5) is 48.3. The van der Waals surface area contributed by atoms with Crippen molar-refractivity contribution in [2.24, 2.45) is 0 Å². The van der Waals surface area contributed by atoms with Gasteiger partial charge in [0.05, 0.1) is 10.9 Å². The van der Waals surface area contributed by atoms with Gasteiger partial charge in [-0.15, -0.1) is 11.8 Å². The van der Waals surface area contributed by atoms with Gasteiger partial charge in [-0.25, -0.2) is 0 Å². The summed E-state index contributed by atoms with van der Waals surface area (Å²) < 4.78 is 0. The maximum Gasteiger partial charge on any atom is 0.268 e. The van der Waals surface area contributed by atoms with E-state index in [0.29, 0.717) is 24.5 Å². The molecule has 0 saturated heterocycles. The lowest BCUT2D eigenvalue weighted by molar-refractivity contribution is -0.131. The topological polar surface area (TPSA) is 85.5 Å². The molecule has 3 aromatic carbocycles. The molecule has 1 aromatic heterocycles. The Kier molecular flexibility index (Phi) is 7.51. The van der Waals surface area contributed by atoms with Crippen LogP contribution < -0.4 is 10.2 Å². The van der Waals surface area contributed by atoms with E-state index < -0.39 is 11.3 Å². The molecule has 1 aliphatic heterocycles. The van der Waals surface area contributed by atoms with Crippen LogP contribution in [0.25, 0.3) is 10.9 Å². The van der Waals surface area contributed by atoms with Gasteiger partial charge in [0.15, 0.2) is 0 Å². The summed E-state index contributed by atoms with van der Waals surface area (Å²) in [6.45, 7) is 4.86. The van der Waals surface area contributed by atoms with E-state index in [1.165, 1.54) is 16.7 Å². The third kappa shape index (κ3) is 5.04. The van der Waals surface area contributed by atoms with Crippen LogP contribution in [-0.4, -0.2) is 53.3 Å². The Bertz CT molecular complexity index is 1430. The van der Waals surface area contributed by atoms with Gasteiger partial charge in [0.1, 0.15) is 18.3 Å². The van der Waals surface area contributed by atoms with Gasteiger partial charge >= 0.3 is 0 Å². The number of amides is 3. The van der Waals surface area contributed by atoms with E-state index in [-0.39, 0.29) is 24.3 Å². The number of hydrogen-bond donors (Lipinski definition) is 2. The van der Waals surface area contributed by atoms with Crippen LogP contribution in [0.2, 0.25) is 0 Å². The molecule has 2 heterocycles. The number of likely N-dealkylation sites (N-methyl/N-ethyl adjacent to an activating group) is 1. The van der Waals surface area contributed by atoms with Crippen molar-refractivity contribution in [3.05, 3.63) is 96.2 Å². The number of carbonyl (C=O) groups excluding carboxylic acids is 3. The molecule has 0 fully saturated rings. The predicted octanol–water partition coefficient (Wildman–Crippen LogP) is 5.01. The van der Waals surface area contributed by atoms with Crippen LogP contribution in [0.3, 0.4) is 0 Å². The van der Waals surface area contributed by atoms with Gasteiger partial charge in [0, 0.05) is 28.9 Å². The minimum atomic E-state index is -0.904. The highest BCUT2D eigenvalue weighted by Gasteiger charge is 2.40. The maximum absolute atomic E-state index is 14.3. The molecule has 0 spiro atoms. The summed E-state index contributed by atoms with van der Waals surface area (Å²) in [5, 5.41) is 3.54. The SMILES string of the molecule is CCN(CC)C(=O)CN1C(=O)[C@@H](NC(=O)c2cc3ccccc3[nH]2)[C@H](c2ccccc2)Sc2ccccc21. The first kappa shape index (κ1) is 25.6. The van der Waals surface area contributed by atoms with Crippen molar-refractivity contribution in [3.8, 4) is 0 Å². The number of rotatable bonds is 7. The monoisotopic (exact) mass is 526 g/mol. The number of fused-ring (bicyclic) bond motifs is 2. The molecular formula is C30H30N4O3S. The summed E-state index contributed by atoms with van der Waals surface area (Å²) in [6, 6.07) is 25.8. The Hall–Kier alpha value is -4.04. The average molecular weight is 527 g/mol. The summed E-state index contributed by atoms with van der Waals surface area (Å²) in [5.41, 5.74) is 2.81. The lowest BCUT2D eigenvalue weighted by atomic mass is 10.0. The smallest absolute Gasteiger partial charge is 0.268 e. The van der Waals surface area contributed by atoms with Crippen LogP contribution >= 0.6 is 11.8 Å². The van der Waals surface area contributed by atoms with Gasteiger partial charge in [-0.2, -0.15) is 0 Å². The largest absolute Gasteiger partial charge is 0.351 e. The lowest BCUT2D eigenvalue weighted by Gasteiger charge is -2.30. The zero-order valence-electron chi connectivity index (χ0n) is 21.4. The molecule has 3 amide bonds. The van der Waals surface area contributed by atoms with Crippen LogP contribution in [0, 0.1) is 0 Å². The van der Waals surface area contributed by atoms with Crippen molar-refractivity contribution in [2.75, 3.05) is 24.5 Å². The van der Waals surface area contributed by atoms with Crippen LogP contribution in [0.5, 0.6) is 0 Å². The highest BCUT2D eigenvalue weighted by Crippen LogP contribution is 2.45. The number of hydrogen-bond acceptors (Lipinski definition) is 4. The van der Waals surface area contributed by atoms with Gasteiger partial charge in [0.2, 0.25) is 5.91 Å². The molecule has 2 N–H and O–H groups in total. The van der Waals surface area contributed by atoms with E-state index >= 15 is 0 Å². The van der Waals surface area contributed by atoms with Gasteiger partial charge < -0.3 is 20.1 Å². The number of thioether (sulfide) groups is 1. The zero-order chi connectivity index (χ0) is 26.6. The number of aromatic nitrogens is 1. The van der Waals surface area contributed by atoms with Crippen molar-refractivity contribution < 1.29 is 14.4 Å². The summed E-state index contributed by atoms with van der Waals surface area (Å²) in [5.74, 6) is -0.828. The van der Waals surface area contributed by atoms with Gasteiger partial charge in [0.25, 0.3) is 11.8 Å². The Labute approximate surface area is 226 Å². The van der Waals surface area contributed by atoms with Crippen molar-refractivity contribution in [1.82, 2.24) is 15.2 Å². The van der Waals surface area contributed by atoms with Crippen LogP contribution in [0.15, 0.2) is 89.8 Å². The third-order valence-corrected chi connectivity index (χ3v) is 8.24. The molecule has 2 atom stereocenters. The third-order valence-electron chi connectivity index (χ3n) is 6.84. The van der Waals surface area contributed by atoms with E-state index in [4.69, 9.17) is 0 Å². The highest BCUT2D eigenvalue weighted by molar-refractivity contribution is 7.99. The Morgan fingerprint density at radius 1 is 0.947 bits per heavy atom. The van der Waals surface area contributed by atoms with E-state index in [1.807, 2.05) is 92.7 Å². The van der Waals surface area contributed by atoms with Crippen LogP contribution in [0.4, 0.5) is 5.69 Å². The fourth-order valence-electron chi connectivity index (χ4n) is 4.83. The maximum atomic E-state index is 14.3. The Balaban J connectivity index is 1.55. The van der Waals surface area contributed by atoms with Gasteiger partial charge in [-0.3, -0.25) is 14.4 Å². The van der Waals surface area contributed by atoms with Crippen molar-refractivity contribution in [3.63, 3.8) is 0 Å². The molecule has 0 radical (unpaired) electrons. The molecule has 1 aliphatic rings. The quantitative estimate of drug-likeness (QED) is 0.354. The highest BCUT2D eigenvalue weighted by atomic mass is 32.2. The standard InChI is InChI=1S/C30H30N4O3S/c1-3-33(4-2)26(35)19-34-24-16-10-11-17-25(24)38-28(20-12-6-5-7-13-20)27(30(34)37)32-29(36)23-18-21-14-8-9-15-22(21)31-23/h5-18,27-28,31H,3-4,19H2,1-2H3,(H,32,36)/t27-,28-/m0/s1. The van der Waals surface area contributed by atoms with Gasteiger partial charge in [-0.1, -0.05) is 60.7 Å². The van der Waals surface area contributed by atoms with E-state index in [1.54, 1.807) is 11.0 Å². The van der Waals surface area contributed by atoms with Crippen molar-refractivity contribution >= 4 is 46.1 Å². The molecular weight excluding hydrogens is 496 g/mol. The Morgan fingerprint density at radius 3 is 2.37 bits per heavy atom. The number of H-pyrrole nitrogens is 1. The summed E-state index contributed by atoms with van der Waals surface area (Å²) >= 11 is 1.52. The number of nitrogens with zero attached hydrogens (tertiary/aromatic N) is 2. The molecule has 0 aliphatic carbocycles. The summed E-state index contributed by atoms with van der Waals surface area (Å²) in [6.07, 6.45) is 0. The number of nitrogens with one attached hydrogen (secondary N) is 2. The van der Waals surface area contributed by atoms with Gasteiger partial charge in [-0.05, 0) is 43.7 Å². The molecule has 5 rings (SSSR count). The van der Waals surface area contributed by atoms with E-state index in [2.05, 4.69) is 10.3 Å². The fraction of sp³-hybridized carbons (Fsp3) is 0.233. The second-order valence-corrected chi connectivity index (χ2v) is 10.3. The molecule has 194 valence electrons. The molecule has 0 bridgehead atoms. The molecule has 4 aromatic rings. The fourth-order valence-corrected chi connectivity index (χ4v) is 6.17. The minimum absolute atomic E-state index is 0.0989. The molecule has 0 saturated carbocycles. The second kappa shape index (κ2) is 11.1. The van der Waals surface area contributed by atoms with Crippen molar-refractivity contribution in [2.45, 2.75) is 30.0 Å². The zero-order valence-corrected chi connectivity index (χ0v) is 22.2. The lowest BCUT2D eigenvalue weighted by Crippen LogP contribution is -2.53. The first-order valence-corrected chi connectivity index (χ1v) is 13.7. The Morgan fingerprint density at radius 2 is 1.63 bits per heavy atom. The molecule has 38 heavy (non-hydrogen) atoms. The van der Waals surface area contributed by atoms with E-state index in [9.17, 15) is 14.4 Å².